The summed E-state index contributed by atoms with van der Waals surface area (Å²) in [6.07, 6.45) is -3.62. The van der Waals surface area contributed by atoms with Crippen molar-refractivity contribution in [1.29, 1.82) is 0 Å². The lowest BCUT2D eigenvalue weighted by atomic mass is 10.0. The summed E-state index contributed by atoms with van der Waals surface area (Å²) in [6.45, 7) is 0.562. The number of piperidine rings is 1. The highest BCUT2D eigenvalue weighted by Crippen LogP contribution is 2.30. The SMILES string of the molecule is O=C(c1cccc(C(F)(F)F)c1)N1CCC(N2CC(=O)N(c3ccccc3)C2=O)CC1. The Hall–Kier alpha value is -3.36. The molecule has 4 rings (SSSR count). The van der Waals surface area contributed by atoms with E-state index in [4.69, 9.17) is 0 Å². The zero-order valence-corrected chi connectivity index (χ0v) is 16.5. The molecule has 0 bridgehead atoms. The fourth-order valence-electron chi connectivity index (χ4n) is 4.03. The van der Waals surface area contributed by atoms with E-state index in [1.54, 1.807) is 30.3 Å². The van der Waals surface area contributed by atoms with Gasteiger partial charge in [0.25, 0.3) is 11.8 Å². The van der Waals surface area contributed by atoms with Crippen LogP contribution in [0.4, 0.5) is 23.7 Å². The molecule has 2 heterocycles. The number of para-hydroxylation sites is 1. The predicted molar refractivity (Wildman–Crippen MR) is 106 cm³/mol. The molecule has 0 unspecified atom stereocenters. The molecule has 6 nitrogen and oxygen atoms in total. The van der Waals surface area contributed by atoms with Gasteiger partial charge in [-0.25, -0.2) is 9.69 Å². The van der Waals surface area contributed by atoms with Gasteiger partial charge in [-0.05, 0) is 43.2 Å². The van der Waals surface area contributed by atoms with Crippen molar-refractivity contribution in [2.45, 2.75) is 25.1 Å². The molecule has 4 amide bonds. The molecule has 0 saturated carbocycles. The number of hydrogen-bond acceptors (Lipinski definition) is 3. The topological polar surface area (TPSA) is 60.9 Å². The Morgan fingerprint density at radius 2 is 1.61 bits per heavy atom. The fourth-order valence-corrected chi connectivity index (χ4v) is 4.03. The molecule has 2 aliphatic rings. The van der Waals surface area contributed by atoms with Crippen LogP contribution in [0, 0.1) is 0 Å². The number of carbonyl (C=O) groups excluding carboxylic acids is 3. The minimum Gasteiger partial charge on any atom is -0.338 e. The molecule has 2 saturated heterocycles. The number of urea groups is 1. The highest BCUT2D eigenvalue weighted by atomic mass is 19.4. The van der Waals surface area contributed by atoms with Crippen molar-refractivity contribution in [1.82, 2.24) is 9.80 Å². The van der Waals surface area contributed by atoms with Gasteiger partial charge in [-0.2, -0.15) is 13.2 Å². The minimum atomic E-state index is -4.52. The quantitative estimate of drug-likeness (QED) is 0.695. The molecule has 2 fully saturated rings. The van der Waals surface area contributed by atoms with Gasteiger partial charge in [0.05, 0.1) is 11.3 Å². The minimum absolute atomic E-state index is 0.0176. The number of benzene rings is 2. The van der Waals surface area contributed by atoms with Crippen LogP contribution in [-0.4, -0.2) is 53.3 Å². The van der Waals surface area contributed by atoms with Crippen LogP contribution in [0.2, 0.25) is 0 Å². The summed E-state index contributed by atoms with van der Waals surface area (Å²) in [5.41, 5.74) is -0.372. The van der Waals surface area contributed by atoms with Crippen molar-refractivity contribution < 1.29 is 27.6 Å². The first-order valence-electron chi connectivity index (χ1n) is 9.91. The van der Waals surface area contributed by atoms with E-state index in [0.29, 0.717) is 31.6 Å². The van der Waals surface area contributed by atoms with Crippen LogP contribution in [0.25, 0.3) is 0 Å². The van der Waals surface area contributed by atoms with Gasteiger partial charge >= 0.3 is 12.2 Å². The van der Waals surface area contributed by atoms with Crippen LogP contribution in [0.3, 0.4) is 0 Å². The van der Waals surface area contributed by atoms with E-state index in [1.165, 1.54) is 21.9 Å². The fraction of sp³-hybridized carbons (Fsp3) is 0.318. The van der Waals surface area contributed by atoms with Crippen molar-refractivity contribution >= 4 is 23.5 Å². The predicted octanol–water partition coefficient (Wildman–Crippen LogP) is 3.78. The number of nitrogens with zero attached hydrogens (tertiary/aromatic N) is 3. The van der Waals surface area contributed by atoms with Crippen molar-refractivity contribution in [2.24, 2.45) is 0 Å². The molecule has 0 N–H and O–H groups in total. The number of alkyl halides is 3. The molecule has 162 valence electrons. The second-order valence-electron chi connectivity index (χ2n) is 7.58. The summed E-state index contributed by atoms with van der Waals surface area (Å²) in [4.78, 5) is 42.1. The maximum absolute atomic E-state index is 12.9. The lowest BCUT2D eigenvalue weighted by Crippen LogP contribution is -2.48. The van der Waals surface area contributed by atoms with Gasteiger partial charge in [-0.1, -0.05) is 24.3 Å². The van der Waals surface area contributed by atoms with Crippen LogP contribution in [0.15, 0.2) is 54.6 Å². The second kappa shape index (κ2) is 8.05. The molecular formula is C22H20F3N3O3. The van der Waals surface area contributed by atoms with Gasteiger partial charge in [-0.15, -0.1) is 0 Å². The molecule has 0 aliphatic carbocycles. The lowest BCUT2D eigenvalue weighted by molar-refractivity contribution is -0.137. The molecule has 31 heavy (non-hydrogen) atoms. The Morgan fingerprint density at radius 3 is 2.26 bits per heavy atom. The summed E-state index contributed by atoms with van der Waals surface area (Å²) in [6, 6.07) is 12.4. The Morgan fingerprint density at radius 1 is 0.935 bits per heavy atom. The number of halogens is 3. The maximum atomic E-state index is 12.9. The monoisotopic (exact) mass is 431 g/mol. The zero-order valence-electron chi connectivity index (χ0n) is 16.5. The molecule has 2 aromatic carbocycles. The molecule has 0 radical (unpaired) electrons. The third-order valence-electron chi connectivity index (χ3n) is 5.64. The molecule has 2 aromatic rings. The van der Waals surface area contributed by atoms with Gasteiger partial charge in [-0.3, -0.25) is 9.59 Å². The summed E-state index contributed by atoms with van der Waals surface area (Å²) >= 11 is 0. The van der Waals surface area contributed by atoms with E-state index >= 15 is 0 Å². The summed E-state index contributed by atoms with van der Waals surface area (Å²) in [5.74, 6) is -0.780. The number of amides is 4. The van der Waals surface area contributed by atoms with Crippen LogP contribution in [0.5, 0.6) is 0 Å². The largest absolute Gasteiger partial charge is 0.416 e. The maximum Gasteiger partial charge on any atom is 0.416 e. The Labute approximate surface area is 176 Å². The van der Waals surface area contributed by atoms with E-state index in [1.807, 2.05) is 0 Å². The number of imide groups is 1. The molecule has 0 spiro atoms. The van der Waals surface area contributed by atoms with Crippen molar-refractivity contribution in [2.75, 3.05) is 24.5 Å². The van der Waals surface area contributed by atoms with Crippen LogP contribution in [-0.2, 0) is 11.0 Å². The van der Waals surface area contributed by atoms with E-state index in [2.05, 4.69) is 0 Å². The summed E-state index contributed by atoms with van der Waals surface area (Å²) in [5, 5.41) is 0. The van der Waals surface area contributed by atoms with Gasteiger partial charge in [0, 0.05) is 24.7 Å². The second-order valence-corrected chi connectivity index (χ2v) is 7.58. The lowest BCUT2D eigenvalue weighted by Gasteiger charge is -2.36. The Bertz CT molecular complexity index is 1000. The average Bonchev–Trinajstić information content (AvgIpc) is 3.07. The van der Waals surface area contributed by atoms with Gasteiger partial charge in [0.15, 0.2) is 0 Å². The molecule has 2 aliphatic heterocycles. The van der Waals surface area contributed by atoms with Crippen LogP contribution < -0.4 is 4.90 Å². The number of hydrogen-bond donors (Lipinski definition) is 0. The van der Waals surface area contributed by atoms with E-state index in [0.717, 1.165) is 17.0 Å². The normalized spacial score (nSPS) is 18.1. The molecule has 9 heteroatoms. The van der Waals surface area contributed by atoms with Gasteiger partial charge < -0.3 is 9.80 Å². The number of likely N-dealkylation sites (tertiary alicyclic amines) is 1. The summed E-state index contributed by atoms with van der Waals surface area (Å²) < 4.78 is 38.8. The number of rotatable bonds is 3. The van der Waals surface area contributed by atoms with Crippen molar-refractivity contribution in [3.63, 3.8) is 0 Å². The van der Waals surface area contributed by atoms with Crippen molar-refractivity contribution in [3.05, 3.63) is 65.7 Å². The van der Waals surface area contributed by atoms with Gasteiger partial charge in [0.1, 0.15) is 6.54 Å². The zero-order chi connectivity index (χ0) is 22.2. The third kappa shape index (κ3) is 4.12. The van der Waals surface area contributed by atoms with Crippen molar-refractivity contribution in [3.8, 4) is 0 Å². The van der Waals surface area contributed by atoms with Crippen LogP contribution >= 0.6 is 0 Å². The third-order valence-corrected chi connectivity index (χ3v) is 5.64. The smallest absolute Gasteiger partial charge is 0.338 e. The Balaban J connectivity index is 1.41. The number of carbonyl (C=O) groups is 3. The summed E-state index contributed by atoms with van der Waals surface area (Å²) in [7, 11) is 0. The molecule has 0 aromatic heterocycles. The van der Waals surface area contributed by atoms with E-state index in [-0.39, 0.29) is 30.1 Å². The number of anilines is 1. The first-order valence-corrected chi connectivity index (χ1v) is 9.91. The molecule has 0 atom stereocenters. The highest BCUT2D eigenvalue weighted by Gasteiger charge is 2.42. The average molecular weight is 431 g/mol. The molecular weight excluding hydrogens is 411 g/mol. The van der Waals surface area contributed by atoms with Gasteiger partial charge in [0.2, 0.25) is 0 Å². The highest BCUT2D eigenvalue weighted by molar-refractivity contribution is 6.19. The first-order chi connectivity index (χ1) is 14.8. The standard InChI is InChI=1S/C22H20F3N3O3/c23-22(24,25)16-6-4-5-15(13-16)20(30)26-11-9-17(10-12-26)27-14-19(29)28(21(27)31)18-7-2-1-3-8-18/h1-8,13,17H,9-12,14H2. The van der Waals surface area contributed by atoms with E-state index in [9.17, 15) is 27.6 Å². The van der Waals surface area contributed by atoms with E-state index < -0.39 is 17.6 Å². The Kier molecular flexibility index (Phi) is 5.43. The first kappa shape index (κ1) is 20.9. The van der Waals surface area contributed by atoms with Crippen LogP contribution in [0.1, 0.15) is 28.8 Å².